The van der Waals surface area contributed by atoms with Crippen LogP contribution in [0.5, 0.6) is 0 Å². The van der Waals surface area contributed by atoms with Crippen molar-refractivity contribution in [1.29, 1.82) is 0 Å². The fraction of sp³-hybridized carbons (Fsp3) is 0.662. The van der Waals surface area contributed by atoms with Crippen LogP contribution >= 0.6 is 0 Å². The average Bonchev–Trinajstić information content (AvgIpc) is 3.46. The molecule has 6 nitrogen and oxygen atoms in total. The fourth-order valence-corrected chi connectivity index (χ4v) is 8.89. The Balaban J connectivity index is 4.48. The lowest BCUT2D eigenvalue weighted by Crippen LogP contribution is -2.30. The molecule has 0 bridgehead atoms. The zero-order valence-electron chi connectivity index (χ0n) is 52.0. The lowest BCUT2D eigenvalue weighted by Gasteiger charge is -2.18. The number of carbonyl (C=O) groups is 3. The molecule has 6 heteroatoms. The first-order valence-electron chi connectivity index (χ1n) is 33.2. The molecule has 0 aliphatic rings. The van der Waals surface area contributed by atoms with Gasteiger partial charge in [-0.25, -0.2) is 0 Å². The van der Waals surface area contributed by atoms with Gasteiger partial charge in [0.25, 0.3) is 0 Å². The SMILES string of the molecule is CC/C=C\C/C=C\C/C=C\C/C=C\C/C=C\C/C=C\C/C=C\CCCCCC(=O)OCC(COC(=O)CCCCCCCCC/C=C\C/C=C\CCCCCC)OC(=O)CCCCCCCCCCC/C=C\C/C=C\CCCCC. The predicted molar refractivity (Wildman–Crippen MR) is 348 cm³/mol. The Labute approximate surface area is 494 Å². The minimum Gasteiger partial charge on any atom is -0.462 e. The monoisotopic (exact) mass is 1110 g/mol. The van der Waals surface area contributed by atoms with Crippen LogP contribution in [0.2, 0.25) is 0 Å². The summed E-state index contributed by atoms with van der Waals surface area (Å²) in [6.07, 6.45) is 94.5. The number of hydrogen-bond acceptors (Lipinski definition) is 6. The molecule has 0 rings (SSSR count). The lowest BCUT2D eigenvalue weighted by atomic mass is 10.1. The average molecular weight is 1110 g/mol. The van der Waals surface area contributed by atoms with E-state index < -0.39 is 6.10 Å². The van der Waals surface area contributed by atoms with E-state index in [-0.39, 0.29) is 31.1 Å². The fourth-order valence-electron chi connectivity index (χ4n) is 8.89. The molecular formula is C74H122O6. The molecule has 0 heterocycles. The third-order valence-electron chi connectivity index (χ3n) is 13.9. The first-order valence-corrected chi connectivity index (χ1v) is 33.2. The molecule has 0 N–H and O–H groups in total. The van der Waals surface area contributed by atoms with Crippen LogP contribution in [0.25, 0.3) is 0 Å². The highest BCUT2D eigenvalue weighted by atomic mass is 16.6. The summed E-state index contributed by atoms with van der Waals surface area (Å²) in [6.45, 7) is 6.46. The molecule has 1 atom stereocenters. The van der Waals surface area contributed by atoms with E-state index in [4.69, 9.17) is 14.2 Å². The number of ether oxygens (including phenoxy) is 3. The van der Waals surface area contributed by atoms with Gasteiger partial charge in [-0.1, -0.05) is 270 Å². The van der Waals surface area contributed by atoms with Crippen molar-refractivity contribution in [2.45, 2.75) is 303 Å². The van der Waals surface area contributed by atoms with Crippen molar-refractivity contribution < 1.29 is 28.6 Å². The van der Waals surface area contributed by atoms with Gasteiger partial charge in [0.2, 0.25) is 0 Å². The van der Waals surface area contributed by atoms with Gasteiger partial charge in [-0.05, 0) is 141 Å². The second-order valence-corrected chi connectivity index (χ2v) is 21.6. The summed E-state index contributed by atoms with van der Waals surface area (Å²) in [5.74, 6) is -0.938. The molecule has 0 amide bonds. The maximum atomic E-state index is 12.9. The van der Waals surface area contributed by atoms with Crippen LogP contribution in [0.15, 0.2) is 134 Å². The normalized spacial score (nSPS) is 13.0. The molecule has 0 aliphatic carbocycles. The second kappa shape index (κ2) is 67.1. The molecule has 0 saturated heterocycles. The molecule has 0 spiro atoms. The van der Waals surface area contributed by atoms with E-state index in [9.17, 15) is 14.4 Å². The number of esters is 3. The van der Waals surface area contributed by atoms with Crippen LogP contribution < -0.4 is 0 Å². The number of hydrogen-bond donors (Lipinski definition) is 0. The number of rotatable bonds is 59. The van der Waals surface area contributed by atoms with Gasteiger partial charge in [-0.15, -0.1) is 0 Å². The Morgan fingerprint density at radius 3 is 0.800 bits per heavy atom. The zero-order valence-corrected chi connectivity index (χ0v) is 52.0. The van der Waals surface area contributed by atoms with Crippen molar-refractivity contribution in [3.05, 3.63) is 134 Å². The van der Waals surface area contributed by atoms with Crippen LogP contribution in [0.1, 0.15) is 297 Å². The maximum Gasteiger partial charge on any atom is 0.306 e. The van der Waals surface area contributed by atoms with Crippen LogP contribution in [0.3, 0.4) is 0 Å². The number of carbonyl (C=O) groups excluding carboxylic acids is 3. The summed E-state index contributed by atoms with van der Waals surface area (Å²) in [5, 5.41) is 0. The lowest BCUT2D eigenvalue weighted by molar-refractivity contribution is -0.167. The van der Waals surface area contributed by atoms with Crippen molar-refractivity contribution in [2.75, 3.05) is 13.2 Å². The predicted octanol–water partition coefficient (Wildman–Crippen LogP) is 22.9. The molecular weight excluding hydrogens is 985 g/mol. The second-order valence-electron chi connectivity index (χ2n) is 21.6. The van der Waals surface area contributed by atoms with Crippen molar-refractivity contribution in [2.24, 2.45) is 0 Å². The summed E-state index contributed by atoms with van der Waals surface area (Å²) < 4.78 is 16.9. The topological polar surface area (TPSA) is 78.9 Å². The third-order valence-corrected chi connectivity index (χ3v) is 13.9. The minimum absolute atomic E-state index is 0.0979. The standard InChI is InChI=1S/C74H122O6/c1-4-7-10-13-16-19-22-25-28-31-34-35-36-37-38-39-41-43-46-49-52-55-58-61-64-67-73(76)79-70-71(69-78-72(75)66-63-60-57-54-51-48-45-42-33-30-27-24-21-18-15-12-9-6-3)80-74(77)68-65-62-59-56-53-50-47-44-40-32-29-26-23-20-17-14-11-8-5-2/h7,10,16-17,19-21,24-26,28-30,33-35,37-38,41,43,49,52,71H,4-6,8-9,11-15,18,22-23,27,31-32,36,39-40,42,44-48,50-51,53-70H2,1-3H3/b10-7-,19-16-,20-17-,24-21-,28-25-,29-26-,33-30-,35-34-,38-37-,43-41-,52-49-. The van der Waals surface area contributed by atoms with Gasteiger partial charge in [0.05, 0.1) is 0 Å². The summed E-state index contributed by atoms with van der Waals surface area (Å²) >= 11 is 0. The first-order chi connectivity index (χ1) is 39.5. The summed E-state index contributed by atoms with van der Waals surface area (Å²) in [4.78, 5) is 38.4. The van der Waals surface area contributed by atoms with E-state index in [1.807, 2.05) is 0 Å². The van der Waals surface area contributed by atoms with Gasteiger partial charge in [0, 0.05) is 19.3 Å². The van der Waals surface area contributed by atoms with E-state index in [2.05, 4.69) is 154 Å². The zero-order chi connectivity index (χ0) is 57.8. The van der Waals surface area contributed by atoms with E-state index >= 15 is 0 Å². The molecule has 1 unspecified atom stereocenters. The number of unbranched alkanes of at least 4 members (excludes halogenated alkanes) is 26. The Kier molecular flexibility index (Phi) is 63.3. The molecule has 80 heavy (non-hydrogen) atoms. The molecule has 0 radical (unpaired) electrons. The third kappa shape index (κ3) is 64.4. The van der Waals surface area contributed by atoms with E-state index in [1.54, 1.807) is 0 Å². The van der Waals surface area contributed by atoms with Gasteiger partial charge in [-0.3, -0.25) is 14.4 Å². The summed E-state index contributed by atoms with van der Waals surface area (Å²) in [6, 6.07) is 0. The van der Waals surface area contributed by atoms with Crippen LogP contribution in [0.4, 0.5) is 0 Å². The van der Waals surface area contributed by atoms with Crippen molar-refractivity contribution in [1.82, 2.24) is 0 Å². The summed E-state index contributed by atoms with van der Waals surface area (Å²) in [7, 11) is 0. The van der Waals surface area contributed by atoms with Gasteiger partial charge in [0.15, 0.2) is 6.10 Å². The highest BCUT2D eigenvalue weighted by Gasteiger charge is 2.19. The summed E-state index contributed by atoms with van der Waals surface area (Å²) in [5.41, 5.74) is 0. The van der Waals surface area contributed by atoms with Crippen molar-refractivity contribution >= 4 is 17.9 Å². The quantitative estimate of drug-likeness (QED) is 0.0261. The van der Waals surface area contributed by atoms with Gasteiger partial charge in [0.1, 0.15) is 13.2 Å². The van der Waals surface area contributed by atoms with Crippen LogP contribution in [-0.2, 0) is 28.6 Å². The molecule has 0 saturated carbocycles. The molecule has 0 aromatic carbocycles. The smallest absolute Gasteiger partial charge is 0.306 e. The van der Waals surface area contributed by atoms with Gasteiger partial charge < -0.3 is 14.2 Å². The molecule has 0 aliphatic heterocycles. The highest BCUT2D eigenvalue weighted by Crippen LogP contribution is 2.15. The Bertz CT molecular complexity index is 1700. The van der Waals surface area contributed by atoms with E-state index in [0.29, 0.717) is 19.3 Å². The van der Waals surface area contributed by atoms with E-state index in [1.165, 1.54) is 128 Å². The highest BCUT2D eigenvalue weighted by molar-refractivity contribution is 5.71. The van der Waals surface area contributed by atoms with Gasteiger partial charge in [-0.2, -0.15) is 0 Å². The Hall–Kier alpha value is -4.45. The maximum absolute atomic E-state index is 12.9. The molecule has 0 aromatic rings. The molecule has 454 valence electrons. The van der Waals surface area contributed by atoms with Crippen molar-refractivity contribution in [3.63, 3.8) is 0 Å². The first kappa shape index (κ1) is 75.5. The largest absolute Gasteiger partial charge is 0.462 e. The number of allylic oxidation sites excluding steroid dienone is 22. The van der Waals surface area contributed by atoms with E-state index in [0.717, 1.165) is 128 Å². The van der Waals surface area contributed by atoms with Crippen molar-refractivity contribution in [3.8, 4) is 0 Å². The van der Waals surface area contributed by atoms with Crippen LogP contribution in [0, 0.1) is 0 Å². The molecule has 0 aromatic heterocycles. The van der Waals surface area contributed by atoms with Gasteiger partial charge >= 0.3 is 17.9 Å². The Morgan fingerprint density at radius 2 is 0.487 bits per heavy atom. The molecule has 0 fully saturated rings. The Morgan fingerprint density at radius 1 is 0.263 bits per heavy atom. The van der Waals surface area contributed by atoms with Crippen LogP contribution in [-0.4, -0.2) is 37.2 Å². The minimum atomic E-state index is -0.805.